The molecule has 0 aliphatic heterocycles. The molecular weight excluding hydrogens is 352 g/mol. The molecule has 0 atom stereocenters. The van der Waals surface area contributed by atoms with E-state index in [0.29, 0.717) is 13.6 Å². The zero-order valence-corrected chi connectivity index (χ0v) is 10.2. The number of halogens is 3. The number of carbonyl (C=O) groups excluding carboxylic acids is 1. The van der Waals surface area contributed by atoms with Crippen molar-refractivity contribution in [3.63, 3.8) is 0 Å². The second-order valence-corrected chi connectivity index (χ2v) is 4.28. The number of hydrogen-bond donors (Lipinski definition) is 1. The van der Waals surface area contributed by atoms with Crippen LogP contribution in [0.15, 0.2) is 16.6 Å². The molecule has 1 aromatic rings. The van der Waals surface area contributed by atoms with E-state index in [1.165, 1.54) is 6.07 Å². The molecule has 0 saturated heterocycles. The van der Waals surface area contributed by atoms with Crippen molar-refractivity contribution < 1.29 is 9.18 Å². The molecular formula is C8H6BrFINO. The highest BCUT2D eigenvalue weighted by Gasteiger charge is 2.13. The SMILES string of the molecule is NCC(=O)c1ccc(Br)c(F)c1I. The van der Waals surface area contributed by atoms with Gasteiger partial charge in [0.25, 0.3) is 0 Å². The third kappa shape index (κ3) is 2.26. The lowest BCUT2D eigenvalue weighted by atomic mass is 10.1. The lowest BCUT2D eigenvalue weighted by Crippen LogP contribution is -2.15. The van der Waals surface area contributed by atoms with Crippen LogP contribution in [-0.4, -0.2) is 12.3 Å². The van der Waals surface area contributed by atoms with Gasteiger partial charge >= 0.3 is 0 Å². The average molecular weight is 358 g/mol. The minimum absolute atomic E-state index is 0.100. The lowest BCUT2D eigenvalue weighted by molar-refractivity contribution is 0.1000. The van der Waals surface area contributed by atoms with Crippen LogP contribution in [0.5, 0.6) is 0 Å². The molecule has 0 aliphatic rings. The lowest BCUT2D eigenvalue weighted by Gasteiger charge is -2.03. The molecule has 0 aromatic heterocycles. The molecule has 0 radical (unpaired) electrons. The molecule has 0 heterocycles. The number of Topliss-reactive ketones (excluding diaryl/α,β-unsaturated/α-hetero) is 1. The van der Waals surface area contributed by atoms with Crippen LogP contribution in [0.1, 0.15) is 10.4 Å². The van der Waals surface area contributed by atoms with Gasteiger partial charge in [-0.3, -0.25) is 4.79 Å². The van der Waals surface area contributed by atoms with Gasteiger partial charge in [0, 0.05) is 5.56 Å². The molecule has 5 heteroatoms. The largest absolute Gasteiger partial charge is 0.324 e. The number of hydrogen-bond acceptors (Lipinski definition) is 2. The summed E-state index contributed by atoms with van der Waals surface area (Å²) < 4.78 is 13.9. The summed E-state index contributed by atoms with van der Waals surface area (Å²) in [4.78, 5) is 11.2. The Morgan fingerprint density at radius 3 is 2.77 bits per heavy atom. The average Bonchev–Trinajstić information content (AvgIpc) is 2.13. The van der Waals surface area contributed by atoms with Gasteiger partial charge in [-0.25, -0.2) is 4.39 Å². The number of carbonyl (C=O) groups is 1. The summed E-state index contributed by atoms with van der Waals surface area (Å²) in [6.45, 7) is -0.100. The molecule has 70 valence electrons. The number of nitrogens with two attached hydrogens (primary N) is 1. The topological polar surface area (TPSA) is 43.1 Å². The Morgan fingerprint density at radius 2 is 2.23 bits per heavy atom. The van der Waals surface area contributed by atoms with Crippen molar-refractivity contribution in [3.8, 4) is 0 Å². The van der Waals surface area contributed by atoms with E-state index in [1.807, 2.05) is 0 Å². The van der Waals surface area contributed by atoms with Crippen LogP contribution >= 0.6 is 38.5 Å². The van der Waals surface area contributed by atoms with Gasteiger partial charge < -0.3 is 5.73 Å². The summed E-state index contributed by atoms with van der Waals surface area (Å²) in [5.74, 6) is -0.671. The Labute approximate surface area is 97.0 Å². The molecule has 2 nitrogen and oxygen atoms in total. The maximum absolute atomic E-state index is 13.2. The van der Waals surface area contributed by atoms with Crippen LogP contribution in [0.3, 0.4) is 0 Å². The quantitative estimate of drug-likeness (QED) is 0.501. The summed E-state index contributed by atoms with van der Waals surface area (Å²) >= 11 is 4.82. The first kappa shape index (κ1) is 11.1. The number of benzene rings is 1. The van der Waals surface area contributed by atoms with Crippen molar-refractivity contribution in [2.24, 2.45) is 5.73 Å². The summed E-state index contributed by atoms with van der Waals surface area (Å²) in [5, 5.41) is 0. The monoisotopic (exact) mass is 357 g/mol. The van der Waals surface area contributed by atoms with Gasteiger partial charge in [0.15, 0.2) is 11.6 Å². The molecule has 0 aliphatic carbocycles. The molecule has 13 heavy (non-hydrogen) atoms. The zero-order chi connectivity index (χ0) is 10.0. The van der Waals surface area contributed by atoms with Gasteiger partial charge in [-0.05, 0) is 50.7 Å². The van der Waals surface area contributed by atoms with Gasteiger partial charge in [0.05, 0.1) is 14.6 Å². The highest BCUT2D eigenvalue weighted by molar-refractivity contribution is 14.1. The Hall–Kier alpha value is -0.0100. The predicted molar refractivity (Wildman–Crippen MR) is 60.2 cm³/mol. The van der Waals surface area contributed by atoms with Gasteiger partial charge in [-0.1, -0.05) is 0 Å². The second-order valence-electron chi connectivity index (χ2n) is 2.35. The molecule has 0 saturated carbocycles. The molecule has 0 unspecified atom stereocenters. The van der Waals surface area contributed by atoms with E-state index in [1.54, 1.807) is 28.7 Å². The van der Waals surface area contributed by atoms with Crippen LogP contribution in [0, 0.1) is 9.39 Å². The Balaban J connectivity index is 3.26. The second kappa shape index (κ2) is 4.47. The van der Waals surface area contributed by atoms with Crippen molar-refractivity contribution in [1.29, 1.82) is 0 Å². The van der Waals surface area contributed by atoms with Crippen LogP contribution in [0.2, 0.25) is 0 Å². The van der Waals surface area contributed by atoms with Crippen molar-refractivity contribution in [2.45, 2.75) is 0 Å². The molecule has 1 aromatic carbocycles. The smallest absolute Gasteiger partial charge is 0.177 e. The fourth-order valence-electron chi connectivity index (χ4n) is 0.851. The van der Waals surface area contributed by atoms with Crippen LogP contribution < -0.4 is 5.73 Å². The Bertz CT molecular complexity index is 356. The molecule has 0 fully saturated rings. The maximum Gasteiger partial charge on any atom is 0.177 e. The molecule has 0 amide bonds. The highest BCUT2D eigenvalue weighted by atomic mass is 127. The van der Waals surface area contributed by atoms with Gasteiger partial charge in [0.1, 0.15) is 0 Å². The number of rotatable bonds is 2. The van der Waals surface area contributed by atoms with Crippen LogP contribution in [0.25, 0.3) is 0 Å². The minimum atomic E-state index is -0.417. The van der Waals surface area contributed by atoms with E-state index in [4.69, 9.17) is 5.73 Å². The number of ketones is 1. The predicted octanol–water partition coefficient (Wildman–Crippen LogP) is 2.33. The van der Waals surface area contributed by atoms with Crippen molar-refractivity contribution >= 4 is 44.3 Å². The fraction of sp³-hybridized carbons (Fsp3) is 0.125. The molecule has 2 N–H and O–H groups in total. The Kier molecular flexibility index (Phi) is 3.81. The summed E-state index contributed by atoms with van der Waals surface area (Å²) in [7, 11) is 0. The van der Waals surface area contributed by atoms with Crippen LogP contribution in [-0.2, 0) is 0 Å². The maximum atomic E-state index is 13.2. The van der Waals surface area contributed by atoms with Crippen molar-refractivity contribution in [2.75, 3.05) is 6.54 Å². The van der Waals surface area contributed by atoms with E-state index < -0.39 is 5.82 Å². The molecule has 1 rings (SSSR count). The van der Waals surface area contributed by atoms with Gasteiger partial charge in [0.2, 0.25) is 0 Å². The minimum Gasteiger partial charge on any atom is -0.324 e. The first-order valence-electron chi connectivity index (χ1n) is 3.44. The van der Waals surface area contributed by atoms with E-state index in [2.05, 4.69) is 15.9 Å². The van der Waals surface area contributed by atoms with Crippen molar-refractivity contribution in [3.05, 3.63) is 31.6 Å². The summed E-state index contributed by atoms with van der Waals surface area (Å²) in [5.41, 5.74) is 5.51. The normalized spacial score (nSPS) is 10.2. The van der Waals surface area contributed by atoms with Gasteiger partial charge in [-0.2, -0.15) is 0 Å². The first-order chi connectivity index (χ1) is 6.07. The van der Waals surface area contributed by atoms with Crippen LogP contribution in [0.4, 0.5) is 4.39 Å². The third-order valence-electron chi connectivity index (χ3n) is 1.52. The Morgan fingerprint density at radius 1 is 1.62 bits per heavy atom. The molecule has 0 spiro atoms. The van der Waals surface area contributed by atoms with E-state index >= 15 is 0 Å². The fourth-order valence-corrected chi connectivity index (χ4v) is 2.32. The highest BCUT2D eigenvalue weighted by Crippen LogP contribution is 2.23. The molecule has 0 bridgehead atoms. The standard InChI is InChI=1S/C8H6BrFINO/c9-5-2-1-4(6(13)3-12)8(11)7(5)10/h1-2H,3,12H2. The summed E-state index contributed by atoms with van der Waals surface area (Å²) in [6, 6.07) is 3.06. The van der Waals surface area contributed by atoms with E-state index in [0.717, 1.165) is 0 Å². The summed E-state index contributed by atoms with van der Waals surface area (Å²) in [6.07, 6.45) is 0. The van der Waals surface area contributed by atoms with Crippen molar-refractivity contribution in [1.82, 2.24) is 0 Å². The van der Waals surface area contributed by atoms with Gasteiger partial charge in [-0.15, -0.1) is 0 Å². The first-order valence-corrected chi connectivity index (χ1v) is 5.32. The van der Waals surface area contributed by atoms with E-state index in [9.17, 15) is 9.18 Å². The zero-order valence-electron chi connectivity index (χ0n) is 6.48. The van der Waals surface area contributed by atoms with E-state index in [-0.39, 0.29) is 12.3 Å². The third-order valence-corrected chi connectivity index (χ3v) is 3.19.